The first kappa shape index (κ1) is 17.7. The standard InChI is InChI=1S/C22H27NO2/c1-15-12-16(2)14-18(13-15)21(19-9-5-4-8-17(19)3)23-11-7-6-10-20(23)22(24)25/h4-5,8-9,12-14,20-21H,6-7,10-11H2,1-3H3,(H,24,25). The number of hydrogen-bond donors (Lipinski definition) is 1. The van der Waals surface area contributed by atoms with Crippen molar-refractivity contribution in [1.82, 2.24) is 4.90 Å². The fourth-order valence-electron chi connectivity index (χ4n) is 4.14. The van der Waals surface area contributed by atoms with Crippen LogP contribution in [0, 0.1) is 20.8 Å². The number of carboxylic acids is 1. The molecule has 1 heterocycles. The molecule has 0 aromatic heterocycles. The van der Waals surface area contributed by atoms with Crippen LogP contribution in [0.5, 0.6) is 0 Å². The molecule has 2 aromatic carbocycles. The molecule has 132 valence electrons. The van der Waals surface area contributed by atoms with Gasteiger partial charge in [0, 0.05) is 0 Å². The van der Waals surface area contributed by atoms with Crippen LogP contribution < -0.4 is 0 Å². The van der Waals surface area contributed by atoms with Crippen molar-refractivity contribution in [2.45, 2.75) is 52.1 Å². The van der Waals surface area contributed by atoms with Gasteiger partial charge in [0.1, 0.15) is 6.04 Å². The Morgan fingerprint density at radius 1 is 1.08 bits per heavy atom. The van der Waals surface area contributed by atoms with Crippen molar-refractivity contribution < 1.29 is 9.90 Å². The van der Waals surface area contributed by atoms with E-state index in [1.165, 1.54) is 27.8 Å². The fourth-order valence-corrected chi connectivity index (χ4v) is 4.14. The predicted octanol–water partition coefficient (Wildman–Crippen LogP) is 4.64. The van der Waals surface area contributed by atoms with E-state index in [1.54, 1.807) is 0 Å². The van der Waals surface area contributed by atoms with E-state index in [9.17, 15) is 9.90 Å². The highest BCUT2D eigenvalue weighted by Gasteiger charge is 2.35. The van der Waals surface area contributed by atoms with Gasteiger partial charge < -0.3 is 5.11 Å². The molecule has 2 unspecified atom stereocenters. The Labute approximate surface area is 150 Å². The maximum atomic E-state index is 11.9. The van der Waals surface area contributed by atoms with Gasteiger partial charge in [0.05, 0.1) is 6.04 Å². The maximum absolute atomic E-state index is 11.9. The molecule has 1 N–H and O–H groups in total. The zero-order valence-electron chi connectivity index (χ0n) is 15.3. The molecule has 0 radical (unpaired) electrons. The monoisotopic (exact) mass is 337 g/mol. The topological polar surface area (TPSA) is 40.5 Å². The molecule has 25 heavy (non-hydrogen) atoms. The van der Waals surface area contributed by atoms with E-state index in [-0.39, 0.29) is 6.04 Å². The number of piperidine rings is 1. The summed E-state index contributed by atoms with van der Waals surface area (Å²) in [5, 5.41) is 9.79. The number of hydrogen-bond acceptors (Lipinski definition) is 2. The number of likely N-dealkylation sites (tertiary alicyclic amines) is 1. The molecular formula is C22H27NO2. The Bertz CT molecular complexity index is 748. The molecule has 0 bridgehead atoms. The molecule has 3 rings (SSSR count). The van der Waals surface area contributed by atoms with Gasteiger partial charge in [0.2, 0.25) is 0 Å². The van der Waals surface area contributed by atoms with Gasteiger partial charge in [-0.3, -0.25) is 9.69 Å². The molecule has 2 atom stereocenters. The van der Waals surface area contributed by atoms with Crippen LogP contribution in [0.15, 0.2) is 42.5 Å². The summed E-state index contributed by atoms with van der Waals surface area (Å²) < 4.78 is 0. The molecule has 3 heteroatoms. The summed E-state index contributed by atoms with van der Waals surface area (Å²) in [6.07, 6.45) is 2.76. The summed E-state index contributed by atoms with van der Waals surface area (Å²) in [4.78, 5) is 14.1. The summed E-state index contributed by atoms with van der Waals surface area (Å²) in [5.41, 5.74) is 6.05. The van der Waals surface area contributed by atoms with Crippen molar-refractivity contribution in [3.8, 4) is 0 Å². The highest BCUT2D eigenvalue weighted by atomic mass is 16.4. The lowest BCUT2D eigenvalue weighted by Crippen LogP contribution is -2.47. The number of aliphatic carboxylic acids is 1. The summed E-state index contributed by atoms with van der Waals surface area (Å²) in [7, 11) is 0. The van der Waals surface area contributed by atoms with Gasteiger partial charge >= 0.3 is 5.97 Å². The average molecular weight is 337 g/mol. The van der Waals surface area contributed by atoms with Crippen LogP contribution in [0.4, 0.5) is 0 Å². The average Bonchev–Trinajstić information content (AvgIpc) is 2.56. The molecule has 1 aliphatic rings. The Hall–Kier alpha value is -2.13. The van der Waals surface area contributed by atoms with E-state index >= 15 is 0 Å². The SMILES string of the molecule is Cc1cc(C)cc(C(c2ccccc2C)N2CCCCC2C(=O)O)c1. The van der Waals surface area contributed by atoms with Gasteiger partial charge in [-0.05, 0) is 56.8 Å². The van der Waals surface area contributed by atoms with Crippen LogP contribution in [0.25, 0.3) is 0 Å². The van der Waals surface area contributed by atoms with Crippen LogP contribution >= 0.6 is 0 Å². The minimum atomic E-state index is -0.706. The van der Waals surface area contributed by atoms with Gasteiger partial charge in [-0.1, -0.05) is 60.0 Å². The summed E-state index contributed by atoms with van der Waals surface area (Å²) in [6.45, 7) is 7.15. The van der Waals surface area contributed by atoms with Crippen LogP contribution in [-0.4, -0.2) is 28.6 Å². The van der Waals surface area contributed by atoms with E-state index < -0.39 is 12.0 Å². The molecule has 0 spiro atoms. The molecule has 3 nitrogen and oxygen atoms in total. The second kappa shape index (κ2) is 7.40. The van der Waals surface area contributed by atoms with Gasteiger partial charge in [-0.2, -0.15) is 0 Å². The number of rotatable bonds is 4. The summed E-state index contributed by atoms with van der Waals surface area (Å²) >= 11 is 0. The molecule has 1 saturated heterocycles. The number of carboxylic acid groups (broad SMARTS) is 1. The van der Waals surface area contributed by atoms with E-state index in [2.05, 4.69) is 62.1 Å². The lowest BCUT2D eigenvalue weighted by molar-refractivity contribution is -0.145. The van der Waals surface area contributed by atoms with E-state index in [0.717, 1.165) is 25.8 Å². The van der Waals surface area contributed by atoms with Crippen LogP contribution in [0.3, 0.4) is 0 Å². The lowest BCUT2D eigenvalue weighted by Gasteiger charge is -2.40. The third-order valence-corrected chi connectivity index (χ3v) is 5.20. The molecular weight excluding hydrogens is 310 g/mol. The van der Waals surface area contributed by atoms with Crippen molar-refractivity contribution in [3.63, 3.8) is 0 Å². The Morgan fingerprint density at radius 2 is 1.76 bits per heavy atom. The lowest BCUT2D eigenvalue weighted by atomic mass is 9.88. The van der Waals surface area contributed by atoms with Crippen LogP contribution in [0.1, 0.15) is 53.1 Å². The van der Waals surface area contributed by atoms with Crippen molar-refractivity contribution in [2.75, 3.05) is 6.54 Å². The zero-order valence-corrected chi connectivity index (χ0v) is 15.3. The normalized spacial score (nSPS) is 19.6. The van der Waals surface area contributed by atoms with Crippen LogP contribution in [-0.2, 0) is 4.79 Å². The van der Waals surface area contributed by atoms with E-state index in [0.29, 0.717) is 0 Å². The second-order valence-corrected chi connectivity index (χ2v) is 7.27. The second-order valence-electron chi connectivity index (χ2n) is 7.27. The first-order chi connectivity index (χ1) is 12.0. The maximum Gasteiger partial charge on any atom is 0.320 e. The summed E-state index contributed by atoms with van der Waals surface area (Å²) in [5.74, 6) is -0.706. The third-order valence-electron chi connectivity index (χ3n) is 5.20. The van der Waals surface area contributed by atoms with Gasteiger partial charge in [-0.25, -0.2) is 0 Å². The number of carbonyl (C=O) groups is 1. The minimum absolute atomic E-state index is 0.0128. The van der Waals surface area contributed by atoms with Crippen LogP contribution in [0.2, 0.25) is 0 Å². The van der Waals surface area contributed by atoms with E-state index in [4.69, 9.17) is 0 Å². The summed E-state index contributed by atoms with van der Waals surface area (Å²) in [6, 6.07) is 14.5. The predicted molar refractivity (Wildman–Crippen MR) is 101 cm³/mol. The van der Waals surface area contributed by atoms with Gasteiger partial charge in [-0.15, -0.1) is 0 Å². The molecule has 0 amide bonds. The molecule has 1 aliphatic heterocycles. The fraction of sp³-hybridized carbons (Fsp3) is 0.409. The van der Waals surface area contributed by atoms with Crippen molar-refractivity contribution in [1.29, 1.82) is 0 Å². The quantitative estimate of drug-likeness (QED) is 0.883. The largest absolute Gasteiger partial charge is 0.480 e. The first-order valence-corrected chi connectivity index (χ1v) is 9.09. The van der Waals surface area contributed by atoms with Crippen molar-refractivity contribution >= 4 is 5.97 Å². The third kappa shape index (κ3) is 3.77. The zero-order chi connectivity index (χ0) is 18.0. The molecule has 1 fully saturated rings. The van der Waals surface area contributed by atoms with E-state index in [1.807, 2.05) is 6.07 Å². The Balaban J connectivity index is 2.14. The highest BCUT2D eigenvalue weighted by Crippen LogP contribution is 2.36. The molecule has 0 saturated carbocycles. The molecule has 0 aliphatic carbocycles. The smallest absolute Gasteiger partial charge is 0.320 e. The Kier molecular flexibility index (Phi) is 5.24. The minimum Gasteiger partial charge on any atom is -0.480 e. The first-order valence-electron chi connectivity index (χ1n) is 9.09. The highest BCUT2D eigenvalue weighted by molar-refractivity contribution is 5.73. The number of aryl methyl sites for hydroxylation is 3. The van der Waals surface area contributed by atoms with Crippen molar-refractivity contribution in [3.05, 3.63) is 70.3 Å². The Morgan fingerprint density at radius 3 is 2.40 bits per heavy atom. The van der Waals surface area contributed by atoms with Gasteiger partial charge in [0.15, 0.2) is 0 Å². The number of nitrogens with zero attached hydrogens (tertiary/aromatic N) is 1. The van der Waals surface area contributed by atoms with Crippen molar-refractivity contribution in [2.24, 2.45) is 0 Å². The van der Waals surface area contributed by atoms with Gasteiger partial charge in [0.25, 0.3) is 0 Å². The number of benzene rings is 2. The molecule has 2 aromatic rings.